The summed E-state index contributed by atoms with van der Waals surface area (Å²) in [5, 5.41) is 1.13. The van der Waals surface area contributed by atoms with Crippen molar-refractivity contribution in [2.75, 3.05) is 18.5 Å². The van der Waals surface area contributed by atoms with Crippen molar-refractivity contribution in [2.45, 2.75) is 18.8 Å². The predicted octanol–water partition coefficient (Wildman–Crippen LogP) is 4.47. The number of aryl methyl sites for hydroxylation is 1. The molecule has 2 aromatic rings. The van der Waals surface area contributed by atoms with Crippen LogP contribution >= 0.6 is 27.5 Å². The highest BCUT2D eigenvalue weighted by Crippen LogP contribution is 2.38. The molecule has 1 aliphatic heterocycles. The molecule has 1 fully saturated rings. The highest BCUT2D eigenvalue weighted by atomic mass is 79.9. The standard InChI is InChI=1S/C19H18BrClO4/c1-13-9-15(21)7-8-17(13)19(12-20)24-11-16(25-19)10-23-18(22)14-5-3-2-4-6-14/h2-9,16H,10-12H2,1H3/t16-,19-/m1/s1. The highest BCUT2D eigenvalue weighted by Gasteiger charge is 2.43. The second-order valence-corrected chi connectivity index (χ2v) is 6.86. The fourth-order valence-electron chi connectivity index (χ4n) is 2.81. The molecule has 4 nitrogen and oxygen atoms in total. The van der Waals surface area contributed by atoms with E-state index in [-0.39, 0.29) is 18.7 Å². The Morgan fingerprint density at radius 1 is 1.32 bits per heavy atom. The van der Waals surface area contributed by atoms with Crippen LogP contribution in [0.25, 0.3) is 0 Å². The minimum atomic E-state index is -0.904. The second-order valence-electron chi connectivity index (χ2n) is 5.86. The van der Waals surface area contributed by atoms with E-state index in [9.17, 15) is 4.79 Å². The van der Waals surface area contributed by atoms with Gasteiger partial charge in [0.2, 0.25) is 5.79 Å². The Hall–Kier alpha value is -1.40. The summed E-state index contributed by atoms with van der Waals surface area (Å²) in [6.45, 7) is 2.44. The van der Waals surface area contributed by atoms with Crippen molar-refractivity contribution >= 4 is 33.5 Å². The van der Waals surface area contributed by atoms with Gasteiger partial charge in [-0.1, -0.05) is 51.8 Å². The third kappa shape index (κ3) is 4.06. The lowest BCUT2D eigenvalue weighted by Crippen LogP contribution is -2.32. The van der Waals surface area contributed by atoms with E-state index in [1.165, 1.54) is 0 Å². The fraction of sp³-hybridized carbons (Fsp3) is 0.316. The van der Waals surface area contributed by atoms with Crippen LogP contribution in [0.2, 0.25) is 5.02 Å². The van der Waals surface area contributed by atoms with E-state index in [1.54, 1.807) is 24.3 Å². The summed E-state index contributed by atoms with van der Waals surface area (Å²) in [6, 6.07) is 14.5. The zero-order valence-electron chi connectivity index (χ0n) is 13.7. The molecule has 1 heterocycles. The van der Waals surface area contributed by atoms with E-state index in [0.717, 1.165) is 11.1 Å². The van der Waals surface area contributed by atoms with Crippen LogP contribution in [0.1, 0.15) is 21.5 Å². The summed E-state index contributed by atoms with van der Waals surface area (Å²) in [6.07, 6.45) is -0.333. The van der Waals surface area contributed by atoms with Gasteiger partial charge in [0.1, 0.15) is 12.7 Å². The number of carbonyl (C=O) groups is 1. The van der Waals surface area contributed by atoms with Crippen molar-refractivity contribution in [2.24, 2.45) is 0 Å². The minimum absolute atomic E-state index is 0.134. The number of esters is 1. The summed E-state index contributed by atoms with van der Waals surface area (Å²) in [5.74, 6) is -1.28. The van der Waals surface area contributed by atoms with Crippen LogP contribution in [-0.4, -0.2) is 30.6 Å². The molecule has 2 atom stereocenters. The molecule has 132 valence electrons. The van der Waals surface area contributed by atoms with Crippen LogP contribution < -0.4 is 0 Å². The topological polar surface area (TPSA) is 44.8 Å². The van der Waals surface area contributed by atoms with Crippen molar-refractivity contribution in [1.82, 2.24) is 0 Å². The van der Waals surface area contributed by atoms with Crippen molar-refractivity contribution < 1.29 is 19.0 Å². The summed E-state index contributed by atoms with van der Waals surface area (Å²) in [5.41, 5.74) is 2.40. The molecule has 25 heavy (non-hydrogen) atoms. The maximum atomic E-state index is 12.1. The molecule has 0 amide bonds. The Balaban J connectivity index is 1.66. The van der Waals surface area contributed by atoms with Crippen molar-refractivity contribution in [1.29, 1.82) is 0 Å². The number of hydrogen-bond donors (Lipinski definition) is 0. The summed E-state index contributed by atoms with van der Waals surface area (Å²) in [7, 11) is 0. The van der Waals surface area contributed by atoms with Gasteiger partial charge in [0.15, 0.2) is 0 Å². The van der Waals surface area contributed by atoms with Crippen LogP contribution in [0.15, 0.2) is 48.5 Å². The molecule has 2 aromatic carbocycles. The lowest BCUT2D eigenvalue weighted by Gasteiger charge is -2.28. The van der Waals surface area contributed by atoms with Gasteiger partial charge in [-0.25, -0.2) is 4.79 Å². The van der Waals surface area contributed by atoms with Gasteiger partial charge in [-0.3, -0.25) is 0 Å². The SMILES string of the molecule is Cc1cc(Cl)ccc1[C@]1(CBr)OC[C@@H](COC(=O)c2ccccc2)O1. The average molecular weight is 426 g/mol. The van der Waals surface area contributed by atoms with Crippen molar-refractivity contribution in [3.8, 4) is 0 Å². The number of hydrogen-bond acceptors (Lipinski definition) is 4. The normalized spacial score (nSPS) is 22.8. The number of benzene rings is 2. The van der Waals surface area contributed by atoms with Gasteiger partial charge in [-0.05, 0) is 36.8 Å². The van der Waals surface area contributed by atoms with Gasteiger partial charge >= 0.3 is 5.97 Å². The zero-order valence-corrected chi connectivity index (χ0v) is 16.0. The maximum Gasteiger partial charge on any atom is 0.338 e. The Morgan fingerprint density at radius 2 is 2.08 bits per heavy atom. The van der Waals surface area contributed by atoms with Crippen LogP contribution in [-0.2, 0) is 20.0 Å². The highest BCUT2D eigenvalue weighted by molar-refractivity contribution is 9.09. The van der Waals surface area contributed by atoms with E-state index in [4.69, 9.17) is 25.8 Å². The van der Waals surface area contributed by atoms with E-state index in [1.807, 2.05) is 31.2 Å². The molecule has 0 unspecified atom stereocenters. The summed E-state index contributed by atoms with van der Waals surface area (Å²) < 4.78 is 17.4. The molecule has 0 aromatic heterocycles. The Kier molecular flexibility index (Phi) is 5.79. The first kappa shape index (κ1) is 18.4. The van der Waals surface area contributed by atoms with E-state index in [0.29, 0.717) is 22.5 Å². The molecular weight excluding hydrogens is 408 g/mol. The van der Waals surface area contributed by atoms with Crippen LogP contribution in [0.5, 0.6) is 0 Å². The molecule has 1 saturated heterocycles. The first-order valence-corrected chi connectivity index (χ1v) is 9.40. The van der Waals surface area contributed by atoms with Crippen molar-refractivity contribution in [3.63, 3.8) is 0 Å². The van der Waals surface area contributed by atoms with E-state index in [2.05, 4.69) is 15.9 Å². The number of rotatable bonds is 5. The Bertz CT molecular complexity index is 752. The molecule has 0 N–H and O–H groups in total. The van der Waals surface area contributed by atoms with Gasteiger partial charge in [0, 0.05) is 10.6 Å². The van der Waals surface area contributed by atoms with Crippen LogP contribution in [0.4, 0.5) is 0 Å². The fourth-order valence-corrected chi connectivity index (χ4v) is 3.63. The zero-order chi connectivity index (χ0) is 17.9. The Labute approximate surface area is 160 Å². The molecule has 1 aliphatic rings. The molecule has 6 heteroatoms. The molecule has 0 aliphatic carbocycles. The third-order valence-corrected chi connectivity index (χ3v) is 5.02. The molecule has 0 saturated carbocycles. The lowest BCUT2D eigenvalue weighted by atomic mass is 10.0. The van der Waals surface area contributed by atoms with Gasteiger partial charge in [-0.15, -0.1) is 0 Å². The van der Waals surface area contributed by atoms with Crippen LogP contribution in [0, 0.1) is 6.92 Å². The molecule has 0 spiro atoms. The smallest absolute Gasteiger partial charge is 0.338 e. The minimum Gasteiger partial charge on any atom is -0.459 e. The molecule has 3 rings (SSSR count). The molecule has 0 radical (unpaired) electrons. The maximum absolute atomic E-state index is 12.1. The number of alkyl halides is 1. The number of ether oxygens (including phenoxy) is 3. The molecule has 0 bridgehead atoms. The van der Waals surface area contributed by atoms with E-state index >= 15 is 0 Å². The first-order chi connectivity index (χ1) is 12.0. The lowest BCUT2D eigenvalue weighted by molar-refractivity contribution is -0.160. The van der Waals surface area contributed by atoms with E-state index < -0.39 is 5.79 Å². The van der Waals surface area contributed by atoms with Crippen LogP contribution in [0.3, 0.4) is 0 Å². The van der Waals surface area contributed by atoms with Gasteiger partial charge in [0.25, 0.3) is 0 Å². The number of carbonyl (C=O) groups excluding carboxylic acids is 1. The van der Waals surface area contributed by atoms with Crippen molar-refractivity contribution in [3.05, 3.63) is 70.2 Å². The average Bonchev–Trinajstić information content (AvgIpc) is 3.05. The quantitative estimate of drug-likeness (QED) is 0.524. The second kappa shape index (κ2) is 7.87. The largest absolute Gasteiger partial charge is 0.459 e. The Morgan fingerprint density at radius 3 is 2.76 bits per heavy atom. The first-order valence-electron chi connectivity index (χ1n) is 7.90. The van der Waals surface area contributed by atoms with Gasteiger partial charge < -0.3 is 14.2 Å². The van der Waals surface area contributed by atoms with Gasteiger partial charge in [-0.2, -0.15) is 0 Å². The number of halogens is 2. The predicted molar refractivity (Wildman–Crippen MR) is 99.2 cm³/mol. The van der Waals surface area contributed by atoms with Gasteiger partial charge in [0.05, 0.1) is 17.5 Å². The summed E-state index contributed by atoms with van der Waals surface area (Å²) in [4.78, 5) is 12.1. The summed E-state index contributed by atoms with van der Waals surface area (Å²) >= 11 is 9.51. The molecular formula is C19H18BrClO4. The third-order valence-electron chi connectivity index (χ3n) is 4.04. The monoisotopic (exact) mass is 424 g/mol.